The summed E-state index contributed by atoms with van der Waals surface area (Å²) in [6, 6.07) is 14.7. The molecule has 0 radical (unpaired) electrons. The summed E-state index contributed by atoms with van der Waals surface area (Å²) in [5.41, 5.74) is 1.37. The van der Waals surface area contributed by atoms with Crippen molar-refractivity contribution < 1.29 is 22.7 Å². The Morgan fingerprint density at radius 1 is 1.09 bits per heavy atom. The third-order valence-corrected chi connectivity index (χ3v) is 5.48. The number of H-pyrrole nitrogens is 1. The van der Waals surface area contributed by atoms with Gasteiger partial charge in [-0.3, -0.25) is 9.59 Å². The minimum atomic E-state index is -4.39. The van der Waals surface area contributed by atoms with Gasteiger partial charge in [0, 0.05) is 17.1 Å². The topological polar surface area (TPSA) is 84.1 Å². The van der Waals surface area contributed by atoms with Crippen molar-refractivity contribution in [3.05, 3.63) is 99.1 Å². The van der Waals surface area contributed by atoms with E-state index in [9.17, 15) is 22.8 Å². The summed E-state index contributed by atoms with van der Waals surface area (Å²) in [6.07, 6.45) is -3.13. The van der Waals surface area contributed by atoms with Crippen LogP contribution in [0.3, 0.4) is 0 Å². The molecule has 0 spiro atoms. The molecule has 0 fully saturated rings. The Kier molecular flexibility index (Phi) is 7.18. The van der Waals surface area contributed by atoms with E-state index in [0.29, 0.717) is 38.2 Å². The number of ether oxygens (including phenoxy) is 1. The molecule has 10 heteroatoms. The first-order valence-corrected chi connectivity index (χ1v) is 10.9. The summed E-state index contributed by atoms with van der Waals surface area (Å²) < 4.78 is 43.4. The second kappa shape index (κ2) is 10.3. The van der Waals surface area contributed by atoms with Crippen molar-refractivity contribution in [3.8, 4) is 11.1 Å². The minimum absolute atomic E-state index is 0.102. The van der Waals surface area contributed by atoms with Crippen molar-refractivity contribution in [2.45, 2.75) is 12.8 Å². The van der Waals surface area contributed by atoms with Crippen molar-refractivity contribution in [1.29, 1.82) is 0 Å². The second-order valence-corrected chi connectivity index (χ2v) is 8.10. The number of nitrogens with zero attached hydrogens (tertiary/aromatic N) is 1. The van der Waals surface area contributed by atoms with Crippen LogP contribution in [0.5, 0.6) is 0 Å². The highest BCUT2D eigenvalue weighted by Gasteiger charge is 2.29. The summed E-state index contributed by atoms with van der Waals surface area (Å²) in [4.78, 5) is 31.9. The third kappa shape index (κ3) is 5.87. The van der Waals surface area contributed by atoms with Gasteiger partial charge in [-0.05, 0) is 53.1 Å². The Balaban J connectivity index is 1.44. The lowest BCUT2D eigenvalue weighted by atomic mass is 9.97. The average molecular weight is 502 g/mol. The maximum Gasteiger partial charge on any atom is 0.416 e. The largest absolute Gasteiger partial charge is 0.416 e. The number of amides is 1. The fourth-order valence-electron chi connectivity index (χ4n) is 3.51. The van der Waals surface area contributed by atoms with E-state index in [1.165, 1.54) is 18.5 Å². The number of hydrogen-bond acceptors (Lipinski definition) is 4. The summed E-state index contributed by atoms with van der Waals surface area (Å²) in [7, 11) is 0. The van der Waals surface area contributed by atoms with Crippen molar-refractivity contribution >= 4 is 28.4 Å². The molecule has 0 atom stereocenters. The third-order valence-electron chi connectivity index (χ3n) is 5.24. The molecule has 0 unspecified atom stereocenters. The molecule has 0 saturated carbocycles. The molecule has 0 saturated heterocycles. The molecule has 0 aliphatic rings. The van der Waals surface area contributed by atoms with Gasteiger partial charge in [-0.1, -0.05) is 35.9 Å². The zero-order valence-electron chi connectivity index (χ0n) is 18.2. The van der Waals surface area contributed by atoms with E-state index in [4.69, 9.17) is 16.3 Å². The Hall–Kier alpha value is -3.69. The summed E-state index contributed by atoms with van der Waals surface area (Å²) in [5.74, 6) is -0.401. The number of carbonyl (C=O) groups is 1. The van der Waals surface area contributed by atoms with E-state index in [1.807, 2.05) is 0 Å². The first-order valence-electron chi connectivity index (χ1n) is 10.5. The van der Waals surface area contributed by atoms with E-state index >= 15 is 0 Å². The molecule has 3 aromatic carbocycles. The lowest BCUT2D eigenvalue weighted by molar-refractivity contribution is -0.137. The second-order valence-electron chi connectivity index (χ2n) is 7.66. The number of hydrogen-bond donors (Lipinski definition) is 2. The van der Waals surface area contributed by atoms with Gasteiger partial charge in [-0.15, -0.1) is 0 Å². The van der Waals surface area contributed by atoms with Crippen LogP contribution in [0.4, 0.5) is 13.2 Å². The number of rotatable bonds is 7. The minimum Gasteiger partial charge on any atom is -0.375 e. The van der Waals surface area contributed by atoms with Crippen LogP contribution in [0.15, 0.2) is 71.8 Å². The van der Waals surface area contributed by atoms with Gasteiger partial charge in [0.05, 0.1) is 36.0 Å². The van der Waals surface area contributed by atoms with Gasteiger partial charge in [0.15, 0.2) is 0 Å². The molecule has 180 valence electrons. The summed E-state index contributed by atoms with van der Waals surface area (Å²) in [6.45, 7) is 0.407. The Morgan fingerprint density at radius 3 is 2.57 bits per heavy atom. The van der Waals surface area contributed by atoms with E-state index in [2.05, 4.69) is 15.3 Å². The first-order chi connectivity index (χ1) is 16.7. The van der Waals surface area contributed by atoms with Crippen LogP contribution in [0.25, 0.3) is 22.0 Å². The normalized spacial score (nSPS) is 11.5. The number of aromatic amines is 1. The van der Waals surface area contributed by atoms with Crippen molar-refractivity contribution in [1.82, 2.24) is 15.3 Å². The maximum absolute atomic E-state index is 13.0. The first kappa shape index (κ1) is 24.4. The number of carbonyl (C=O) groups excluding carboxylic acids is 1. The SMILES string of the molecule is O=C(NCCOCc1ccc(C(F)(F)F)cc1)c1cc2nc[nH]c(=O)c2cc1-c1cccc(Cl)c1. The Morgan fingerprint density at radius 2 is 1.86 bits per heavy atom. The fraction of sp³-hybridized carbons (Fsp3) is 0.160. The smallest absolute Gasteiger partial charge is 0.375 e. The van der Waals surface area contributed by atoms with E-state index in [1.54, 1.807) is 36.4 Å². The Labute approximate surface area is 202 Å². The van der Waals surface area contributed by atoms with Gasteiger partial charge in [0.1, 0.15) is 0 Å². The predicted octanol–water partition coefficient (Wildman–Crippen LogP) is 5.21. The molecule has 35 heavy (non-hydrogen) atoms. The van der Waals surface area contributed by atoms with Crippen LogP contribution in [-0.4, -0.2) is 29.0 Å². The molecule has 0 aliphatic heterocycles. The number of alkyl halides is 3. The van der Waals surface area contributed by atoms with Gasteiger partial charge in [0.2, 0.25) is 0 Å². The molecule has 0 bridgehead atoms. The molecule has 1 aromatic heterocycles. The molecule has 1 amide bonds. The zero-order valence-corrected chi connectivity index (χ0v) is 18.9. The highest BCUT2D eigenvalue weighted by Crippen LogP contribution is 2.30. The molecule has 0 aliphatic carbocycles. The fourth-order valence-corrected chi connectivity index (χ4v) is 3.70. The molecular weight excluding hydrogens is 483 g/mol. The van der Waals surface area contributed by atoms with Crippen LogP contribution in [-0.2, 0) is 17.5 Å². The monoisotopic (exact) mass is 501 g/mol. The molecule has 4 rings (SSSR count). The molecule has 6 nitrogen and oxygen atoms in total. The molecular formula is C25H19ClF3N3O3. The summed E-state index contributed by atoms with van der Waals surface area (Å²) in [5, 5.41) is 3.57. The number of fused-ring (bicyclic) bond motifs is 1. The van der Waals surface area contributed by atoms with Gasteiger partial charge in [-0.2, -0.15) is 13.2 Å². The zero-order chi connectivity index (χ0) is 25.0. The van der Waals surface area contributed by atoms with Crippen molar-refractivity contribution in [2.75, 3.05) is 13.2 Å². The Bertz CT molecular complexity index is 1420. The van der Waals surface area contributed by atoms with Gasteiger partial charge < -0.3 is 15.0 Å². The number of benzene rings is 3. The van der Waals surface area contributed by atoms with Crippen LogP contribution in [0.1, 0.15) is 21.5 Å². The summed E-state index contributed by atoms with van der Waals surface area (Å²) >= 11 is 6.12. The van der Waals surface area contributed by atoms with Crippen LogP contribution >= 0.6 is 11.6 Å². The number of aromatic nitrogens is 2. The van der Waals surface area contributed by atoms with E-state index in [-0.39, 0.29) is 25.3 Å². The van der Waals surface area contributed by atoms with Crippen LogP contribution in [0.2, 0.25) is 5.02 Å². The molecule has 4 aromatic rings. The molecule has 2 N–H and O–H groups in total. The lowest BCUT2D eigenvalue weighted by Gasteiger charge is -2.13. The maximum atomic E-state index is 13.0. The molecule has 1 heterocycles. The highest BCUT2D eigenvalue weighted by molar-refractivity contribution is 6.30. The highest BCUT2D eigenvalue weighted by atomic mass is 35.5. The van der Waals surface area contributed by atoms with Crippen LogP contribution in [0, 0.1) is 0 Å². The number of nitrogens with one attached hydrogen (secondary N) is 2. The van der Waals surface area contributed by atoms with Gasteiger partial charge in [-0.25, -0.2) is 4.98 Å². The predicted molar refractivity (Wildman–Crippen MR) is 126 cm³/mol. The van der Waals surface area contributed by atoms with E-state index < -0.39 is 17.6 Å². The lowest BCUT2D eigenvalue weighted by Crippen LogP contribution is -2.28. The van der Waals surface area contributed by atoms with Gasteiger partial charge >= 0.3 is 6.18 Å². The standard InChI is InChI=1S/C25H19ClF3N3O3/c26-18-3-1-2-16(10-18)19-11-21-22(31-14-32-24(21)34)12-20(19)23(33)30-8-9-35-13-15-4-6-17(7-5-15)25(27,28)29/h1-7,10-12,14H,8-9,13H2,(H,30,33)(H,31,32,34). The van der Waals surface area contributed by atoms with Crippen LogP contribution < -0.4 is 10.9 Å². The average Bonchev–Trinajstić information content (AvgIpc) is 2.83. The number of halogens is 4. The van der Waals surface area contributed by atoms with E-state index in [0.717, 1.165) is 12.1 Å². The van der Waals surface area contributed by atoms with Crippen molar-refractivity contribution in [2.24, 2.45) is 0 Å². The quantitative estimate of drug-likeness (QED) is 0.341. The van der Waals surface area contributed by atoms with Gasteiger partial charge in [0.25, 0.3) is 11.5 Å². The van der Waals surface area contributed by atoms with Crippen molar-refractivity contribution in [3.63, 3.8) is 0 Å².